The van der Waals surface area contributed by atoms with Gasteiger partial charge in [0.15, 0.2) is 0 Å². The third kappa shape index (κ3) is 31.0. The smallest absolute Gasteiger partial charge is 0.00585 e. The molecule has 7 saturated heterocycles. The van der Waals surface area contributed by atoms with Crippen molar-refractivity contribution < 1.29 is 98.1 Å². The van der Waals surface area contributed by atoms with Crippen LogP contribution in [0.4, 0.5) is 0 Å². The van der Waals surface area contributed by atoms with E-state index in [2.05, 4.69) is 173 Å². The molecule has 23 fully saturated rings. The quantitative estimate of drug-likeness (QED) is 0.201. The van der Waals surface area contributed by atoms with Crippen LogP contribution in [0.25, 0.3) is 0 Å². The van der Waals surface area contributed by atoms with Crippen LogP contribution < -0.4 is 0 Å². The molecule has 0 aromatic heterocycles. The Morgan fingerprint density at radius 3 is 0.664 bits per heavy atom. The second-order valence-corrected chi connectivity index (χ2v) is 43.0. The largest absolute Gasteiger partial charge is 0.364 e. The first-order valence-electron chi connectivity index (χ1n) is 54.0. The summed E-state index contributed by atoms with van der Waals surface area (Å²) in [7, 11) is 0. The van der Waals surface area contributed by atoms with Gasteiger partial charge in [0.25, 0.3) is 0 Å². The van der Waals surface area contributed by atoms with Gasteiger partial charge in [-0.2, -0.15) is 18.3 Å². The molecule has 10 heteroatoms. The topological polar surface area (TPSA) is 22.7 Å². The van der Waals surface area contributed by atoms with Crippen LogP contribution in [0.5, 0.6) is 0 Å². The second kappa shape index (κ2) is 59.9. The average Bonchev–Trinajstić information content (AvgIpc) is 1.07. The first-order valence-corrected chi connectivity index (χ1v) is 54.0. The Labute approximate surface area is 847 Å². The molecule has 0 unspecified atom stereocenters. The van der Waals surface area contributed by atoms with E-state index in [0.29, 0.717) is 23.5 Å². The van der Waals surface area contributed by atoms with E-state index in [1.54, 1.807) is 135 Å². The van der Waals surface area contributed by atoms with E-state index in [4.69, 9.17) is 0 Å². The minimum absolute atomic E-state index is 0. The van der Waals surface area contributed by atoms with E-state index < -0.39 is 0 Å². The van der Waals surface area contributed by atoms with Gasteiger partial charge in [0.2, 0.25) is 0 Å². The summed E-state index contributed by atoms with van der Waals surface area (Å²) in [5.41, 5.74) is 3.99. The molecule has 16 saturated carbocycles. The number of hydrogen-bond acceptors (Lipinski definition) is 7. The molecule has 16 bridgehead atoms. The maximum atomic E-state index is 4.12. The predicted molar refractivity (Wildman–Crippen MR) is 535 cm³/mol. The summed E-state index contributed by atoms with van der Waals surface area (Å²) in [6.07, 6.45) is 42.6. The van der Waals surface area contributed by atoms with Gasteiger partial charge in [-0.3, -0.25) is 10.3 Å². The molecule has 16 aliphatic carbocycles. The normalized spacial score (nSPS) is 34.8. The van der Waals surface area contributed by atoms with E-state index >= 15 is 0 Å². The fourth-order valence-corrected chi connectivity index (χ4v) is 28.7. The first-order chi connectivity index (χ1) is 56.9. The van der Waals surface area contributed by atoms with Crippen LogP contribution in [0.15, 0.2) is 0 Å². The number of nitrogens with zero attached hydrogens (tertiary/aromatic N) is 7. The number of hydrogen-bond donors (Lipinski definition) is 0. The van der Waals surface area contributed by atoms with Gasteiger partial charge in [-0.05, 0) is 421 Å². The number of rotatable bonds is 10. The molecule has 7 nitrogen and oxygen atoms in total. The molecular formula is C112H221N7Y3-6. The number of likely N-dealkylation sites (tertiary alicyclic amines) is 7. The summed E-state index contributed by atoms with van der Waals surface area (Å²) >= 11 is 0. The van der Waals surface area contributed by atoms with Crippen LogP contribution in [0.2, 0.25) is 0 Å². The molecule has 0 N–H and O–H groups in total. The SMILES string of the molecule is CC.CC.CC.CC.CC.CC.CC.CC.CC.CC.CC(C)N1CC2(C1)C1CC3CC(C1)CC2C3.CC(C)N1CCC2(C1)C1CC3CC(C1)CC2C3.CC(C)N1CCC2(CC1)C1CC3CC(C1)CC2C3.CC(C)N1CCCC2(C1)C1CC3CC(C1)CC2C3.[CH2-]C1([CH2-])CN(C(C)C)C1.[CH2-]CC1(C[CH2-])CN(C(C)C)C1.[CH2-]CC1([CH2-])CN(C(C)C)C1.[Y].[Y].[Y]. The van der Waals surface area contributed by atoms with E-state index in [-0.39, 0.29) is 109 Å². The summed E-state index contributed by atoms with van der Waals surface area (Å²) in [4.78, 5) is 18.3. The van der Waals surface area contributed by atoms with Gasteiger partial charge in [0.05, 0.1) is 0 Å². The Morgan fingerprint density at radius 2 is 0.426 bits per heavy atom. The molecule has 7 heterocycles. The third-order valence-corrected chi connectivity index (χ3v) is 34.7. The van der Waals surface area contributed by atoms with Crippen molar-refractivity contribution in [2.24, 2.45) is 133 Å². The molecule has 4 spiro atoms. The summed E-state index contributed by atoms with van der Waals surface area (Å²) in [5, 5.41) is 0. The Balaban J connectivity index is 0.00000136. The summed E-state index contributed by atoms with van der Waals surface area (Å²) in [6.45, 7) is 114. The van der Waals surface area contributed by atoms with Crippen molar-refractivity contribution in [3.05, 3.63) is 41.5 Å². The summed E-state index contributed by atoms with van der Waals surface area (Å²) in [5.74, 6) is 18.0. The maximum absolute atomic E-state index is 4.12. The van der Waals surface area contributed by atoms with Gasteiger partial charge in [-0.25, -0.2) is 6.42 Å². The van der Waals surface area contributed by atoms with Crippen LogP contribution >= 0.6 is 0 Å². The molecule has 0 aromatic rings. The van der Waals surface area contributed by atoms with Crippen molar-refractivity contribution in [1.82, 2.24) is 34.3 Å². The van der Waals surface area contributed by atoms with Crippen LogP contribution in [0.1, 0.15) is 415 Å². The molecule has 3 radical (unpaired) electrons. The van der Waals surface area contributed by atoms with E-state index in [0.717, 1.165) is 186 Å². The van der Waals surface area contributed by atoms with Gasteiger partial charge in [-0.15, -0.1) is 0 Å². The third-order valence-electron chi connectivity index (χ3n) is 34.7. The Hall–Kier alpha value is 3.03. The molecule has 7 aliphatic heterocycles. The standard InChI is InChI=1S/2C17H29N.C16H27N.C15H25N.C10H19N.C9H17N.C8H15N.10C2H6.3Y/c1-12(2)18-5-3-17(4-6-18)15-8-13-7-14(10-15)11-16(17)9-13;1-12(2)18-5-3-4-17(11-18)15-7-13-6-14(9-15)10-16(17)8-13;1-11(2)17-4-3-16(10-17)14-6-12-5-13(8-14)9-15(16)7-12;1-10(2)16-8-15(9-16)13-4-11-3-12(6-13)7-14(15)5-11;1-5-10(6-2)7-11(8-10)9(3)4;1-5-9(4)6-10(7-9)8(2)3;1-7(2)9-5-8(3,4)6-9;10*1-2;;;/h2*12-16H,3-11H2,1-2H3;11-15H,3-10H2,1-2H3;10-14H,3-9H2,1-2H3;9H,1-2,5-8H2,3-4H3;8H,1,4-7H2,2-3H3;7H,3-6H2,1-2H3;10*1-2H3;;;/q;;;;3*-2;;;;;;;;;;;;;. The zero-order valence-electron chi connectivity index (χ0n) is 89.6. The van der Waals surface area contributed by atoms with Crippen LogP contribution in [0.3, 0.4) is 0 Å². The molecule has 0 amide bonds. The van der Waals surface area contributed by atoms with Gasteiger partial charge in [0.1, 0.15) is 0 Å². The molecule has 23 rings (SSSR count). The molecule has 719 valence electrons. The second-order valence-electron chi connectivity index (χ2n) is 43.0. The molecule has 0 atom stereocenters. The average molecular weight is 1930 g/mol. The molecule has 0 aromatic carbocycles. The van der Waals surface area contributed by atoms with Gasteiger partial charge in [-0.1, -0.05) is 144 Å². The summed E-state index contributed by atoms with van der Waals surface area (Å²) in [6, 6.07) is 5.12. The Bertz CT molecular complexity index is 2450. The first kappa shape index (κ1) is 125. The zero-order valence-corrected chi connectivity index (χ0v) is 98.1. The Kier molecular flexibility index (Phi) is 61.4. The van der Waals surface area contributed by atoms with Crippen molar-refractivity contribution in [3.8, 4) is 0 Å². The van der Waals surface area contributed by atoms with Crippen molar-refractivity contribution in [2.75, 3.05) is 91.6 Å². The number of piperidine rings is 2. The molecule has 23 aliphatic rings. The van der Waals surface area contributed by atoms with Crippen LogP contribution in [-0.2, 0) is 98.1 Å². The monoisotopic (exact) mass is 1930 g/mol. The fourth-order valence-electron chi connectivity index (χ4n) is 28.7. The van der Waals surface area contributed by atoms with E-state index in [1.807, 2.05) is 138 Å². The minimum Gasteiger partial charge on any atom is -0.364 e. The zero-order chi connectivity index (χ0) is 90.5. The van der Waals surface area contributed by atoms with Crippen molar-refractivity contribution in [2.45, 2.75) is 457 Å². The van der Waals surface area contributed by atoms with Crippen molar-refractivity contribution in [3.63, 3.8) is 0 Å². The maximum Gasteiger partial charge on any atom is 0.00585 e. The van der Waals surface area contributed by atoms with E-state index in [1.165, 1.54) is 91.1 Å². The van der Waals surface area contributed by atoms with E-state index in [9.17, 15) is 0 Å². The Morgan fingerprint density at radius 1 is 0.221 bits per heavy atom. The van der Waals surface area contributed by atoms with Gasteiger partial charge >= 0.3 is 0 Å². The molecule has 122 heavy (non-hydrogen) atoms. The fraction of sp³-hybridized carbons (Fsp3) is 0.946. The predicted octanol–water partition coefficient (Wildman–Crippen LogP) is 30.1. The summed E-state index contributed by atoms with van der Waals surface area (Å²) < 4.78 is 0. The van der Waals surface area contributed by atoms with Crippen molar-refractivity contribution in [1.29, 1.82) is 0 Å². The minimum atomic E-state index is 0. The van der Waals surface area contributed by atoms with Gasteiger partial charge < -0.3 is 70.9 Å². The molecular weight excluding hydrogens is 1710 g/mol. The van der Waals surface area contributed by atoms with Crippen LogP contribution in [-0.4, -0.2) is 168 Å². The van der Waals surface area contributed by atoms with Gasteiger partial charge in [0, 0.05) is 185 Å². The van der Waals surface area contributed by atoms with Crippen LogP contribution in [0, 0.1) is 174 Å². The van der Waals surface area contributed by atoms with Crippen molar-refractivity contribution >= 4 is 0 Å².